The van der Waals surface area contributed by atoms with E-state index in [0.717, 1.165) is 19.3 Å². The molecular formula is C12H18O3. The highest BCUT2D eigenvalue weighted by atomic mass is 16.5. The summed E-state index contributed by atoms with van der Waals surface area (Å²) < 4.78 is 5.22. The summed E-state index contributed by atoms with van der Waals surface area (Å²) in [5.74, 6) is 0.579. The van der Waals surface area contributed by atoms with Gasteiger partial charge in [-0.3, -0.25) is 9.59 Å². The zero-order valence-electron chi connectivity index (χ0n) is 9.41. The molecule has 1 saturated carbocycles. The molecule has 3 nitrogen and oxygen atoms in total. The molecule has 2 fully saturated rings. The van der Waals surface area contributed by atoms with Gasteiger partial charge >= 0.3 is 5.97 Å². The first kappa shape index (κ1) is 10.7. The lowest BCUT2D eigenvalue weighted by Gasteiger charge is -2.28. The summed E-state index contributed by atoms with van der Waals surface area (Å²) in [6.45, 7) is 4.28. The second-order valence-electron chi connectivity index (χ2n) is 5.30. The van der Waals surface area contributed by atoms with Gasteiger partial charge in [0.05, 0.1) is 12.0 Å². The number of hydrogen-bond donors (Lipinski definition) is 0. The van der Waals surface area contributed by atoms with Crippen LogP contribution in [0.25, 0.3) is 0 Å². The van der Waals surface area contributed by atoms with Crippen molar-refractivity contribution in [3.63, 3.8) is 0 Å². The molecule has 0 amide bonds. The standard InChI is InChI=1S/C12H18O3/c1-12(2)9-6-8(10(13)7-9)4-3-5-15-11(12)14/h8-9H,3-7H2,1-2H3/t8-,9+/m0/s1. The van der Waals surface area contributed by atoms with Gasteiger partial charge in [0.15, 0.2) is 0 Å². The Kier molecular flexibility index (Phi) is 2.57. The van der Waals surface area contributed by atoms with Crippen molar-refractivity contribution in [2.24, 2.45) is 17.3 Å². The van der Waals surface area contributed by atoms with Gasteiger partial charge in [0.2, 0.25) is 0 Å². The molecule has 15 heavy (non-hydrogen) atoms. The van der Waals surface area contributed by atoms with Crippen LogP contribution in [-0.4, -0.2) is 18.4 Å². The fourth-order valence-electron chi connectivity index (χ4n) is 2.64. The summed E-state index contributed by atoms with van der Waals surface area (Å²) in [6, 6.07) is 0. The van der Waals surface area contributed by atoms with E-state index in [9.17, 15) is 9.59 Å². The molecular weight excluding hydrogens is 192 g/mol. The van der Waals surface area contributed by atoms with E-state index < -0.39 is 5.41 Å². The average molecular weight is 210 g/mol. The molecule has 1 heterocycles. The number of carbonyl (C=O) groups is 2. The van der Waals surface area contributed by atoms with Gasteiger partial charge < -0.3 is 4.74 Å². The number of Topliss-reactive ketones (excluding diaryl/α,β-unsaturated/α-hetero) is 1. The van der Waals surface area contributed by atoms with Crippen LogP contribution in [0.15, 0.2) is 0 Å². The molecule has 0 spiro atoms. The van der Waals surface area contributed by atoms with Crippen molar-refractivity contribution in [1.29, 1.82) is 0 Å². The van der Waals surface area contributed by atoms with Gasteiger partial charge in [0.25, 0.3) is 0 Å². The number of rotatable bonds is 0. The molecule has 1 saturated heterocycles. The van der Waals surface area contributed by atoms with Gasteiger partial charge in [-0.25, -0.2) is 0 Å². The first-order valence-electron chi connectivity index (χ1n) is 5.71. The number of carbonyl (C=O) groups excluding carboxylic acids is 2. The topological polar surface area (TPSA) is 43.4 Å². The van der Waals surface area contributed by atoms with Crippen LogP contribution in [0, 0.1) is 17.3 Å². The van der Waals surface area contributed by atoms with Gasteiger partial charge in [-0.15, -0.1) is 0 Å². The summed E-state index contributed by atoms with van der Waals surface area (Å²) >= 11 is 0. The largest absolute Gasteiger partial charge is 0.465 e. The monoisotopic (exact) mass is 210 g/mol. The summed E-state index contributed by atoms with van der Waals surface area (Å²) in [7, 11) is 0. The Morgan fingerprint density at radius 2 is 2.07 bits per heavy atom. The highest BCUT2D eigenvalue weighted by molar-refractivity contribution is 5.85. The van der Waals surface area contributed by atoms with Crippen LogP contribution in [0.3, 0.4) is 0 Å². The molecule has 2 aliphatic rings. The maximum absolute atomic E-state index is 11.8. The van der Waals surface area contributed by atoms with E-state index >= 15 is 0 Å². The Labute approximate surface area is 90.2 Å². The van der Waals surface area contributed by atoms with Gasteiger partial charge in [-0.2, -0.15) is 0 Å². The lowest BCUT2D eigenvalue weighted by molar-refractivity contribution is -0.157. The molecule has 0 radical (unpaired) electrons. The Bertz CT molecular complexity index is 293. The molecule has 1 aliphatic heterocycles. The molecule has 84 valence electrons. The maximum Gasteiger partial charge on any atom is 0.311 e. The van der Waals surface area contributed by atoms with Crippen LogP contribution >= 0.6 is 0 Å². The number of ketones is 1. The average Bonchev–Trinajstić information content (AvgIpc) is 2.55. The van der Waals surface area contributed by atoms with Gasteiger partial charge in [0, 0.05) is 12.3 Å². The van der Waals surface area contributed by atoms with E-state index in [2.05, 4.69) is 0 Å². The lowest BCUT2D eigenvalue weighted by Crippen LogP contribution is -2.33. The third kappa shape index (κ3) is 1.80. The van der Waals surface area contributed by atoms with E-state index in [1.54, 1.807) is 0 Å². The highest BCUT2D eigenvalue weighted by Crippen LogP contribution is 2.43. The number of ether oxygens (including phenoxy) is 1. The van der Waals surface area contributed by atoms with Crippen molar-refractivity contribution < 1.29 is 14.3 Å². The number of fused-ring (bicyclic) bond motifs is 2. The van der Waals surface area contributed by atoms with Crippen LogP contribution in [-0.2, 0) is 14.3 Å². The zero-order chi connectivity index (χ0) is 11.1. The Hall–Kier alpha value is -0.860. The normalized spacial score (nSPS) is 35.3. The second kappa shape index (κ2) is 3.62. The molecule has 0 aromatic carbocycles. The molecule has 0 aromatic rings. The highest BCUT2D eigenvalue weighted by Gasteiger charge is 2.46. The molecule has 0 aromatic heterocycles. The number of cyclic esters (lactones) is 1. The van der Waals surface area contributed by atoms with Gasteiger partial charge in [0.1, 0.15) is 5.78 Å². The van der Waals surface area contributed by atoms with E-state index in [1.807, 2.05) is 13.8 Å². The first-order valence-corrected chi connectivity index (χ1v) is 5.71. The van der Waals surface area contributed by atoms with Crippen molar-refractivity contribution in [3.8, 4) is 0 Å². The van der Waals surface area contributed by atoms with E-state index in [1.165, 1.54) is 0 Å². The van der Waals surface area contributed by atoms with Crippen LogP contribution < -0.4 is 0 Å². The first-order chi connectivity index (χ1) is 7.01. The van der Waals surface area contributed by atoms with Crippen molar-refractivity contribution in [2.45, 2.75) is 39.5 Å². The Morgan fingerprint density at radius 1 is 1.33 bits per heavy atom. The summed E-state index contributed by atoms with van der Waals surface area (Å²) in [4.78, 5) is 23.5. The SMILES string of the molecule is CC1(C)C(=O)OCCC[C@H]2C[C@@H]1CC2=O. The van der Waals surface area contributed by atoms with Gasteiger partial charge in [-0.05, 0) is 39.0 Å². The van der Waals surface area contributed by atoms with Crippen LogP contribution in [0.5, 0.6) is 0 Å². The minimum atomic E-state index is -0.491. The third-order valence-electron chi connectivity index (χ3n) is 3.95. The number of esters is 1. The minimum Gasteiger partial charge on any atom is -0.465 e. The fourth-order valence-corrected chi connectivity index (χ4v) is 2.64. The molecule has 3 heteroatoms. The third-order valence-corrected chi connectivity index (χ3v) is 3.95. The lowest BCUT2D eigenvalue weighted by atomic mass is 9.77. The summed E-state index contributed by atoms with van der Waals surface area (Å²) in [5, 5.41) is 0. The van der Waals surface area contributed by atoms with Crippen molar-refractivity contribution in [3.05, 3.63) is 0 Å². The second-order valence-corrected chi connectivity index (χ2v) is 5.30. The predicted molar refractivity (Wildman–Crippen MR) is 55.2 cm³/mol. The van der Waals surface area contributed by atoms with Crippen LogP contribution in [0.1, 0.15) is 39.5 Å². The molecule has 0 unspecified atom stereocenters. The van der Waals surface area contributed by atoms with Crippen molar-refractivity contribution in [2.75, 3.05) is 6.61 Å². The van der Waals surface area contributed by atoms with Crippen LogP contribution in [0.4, 0.5) is 0 Å². The minimum absolute atomic E-state index is 0.136. The zero-order valence-corrected chi connectivity index (χ0v) is 9.41. The quantitative estimate of drug-likeness (QED) is 0.574. The maximum atomic E-state index is 11.8. The van der Waals surface area contributed by atoms with E-state index in [4.69, 9.17) is 4.74 Å². The summed E-state index contributed by atoms with van der Waals surface area (Å²) in [6.07, 6.45) is 3.15. The molecule has 2 rings (SSSR count). The predicted octanol–water partition coefficient (Wildman–Crippen LogP) is 1.94. The Morgan fingerprint density at radius 3 is 2.80 bits per heavy atom. The molecule has 0 N–H and O–H groups in total. The Balaban J connectivity index is 2.24. The summed E-state index contributed by atoms with van der Waals surface area (Å²) in [5.41, 5.74) is -0.491. The van der Waals surface area contributed by atoms with Crippen molar-refractivity contribution in [1.82, 2.24) is 0 Å². The number of hydrogen-bond acceptors (Lipinski definition) is 3. The van der Waals surface area contributed by atoms with E-state index in [0.29, 0.717) is 18.8 Å². The van der Waals surface area contributed by atoms with E-state index in [-0.39, 0.29) is 17.8 Å². The van der Waals surface area contributed by atoms with Crippen molar-refractivity contribution >= 4 is 11.8 Å². The molecule has 1 aliphatic carbocycles. The smallest absolute Gasteiger partial charge is 0.311 e. The molecule has 2 bridgehead atoms. The fraction of sp³-hybridized carbons (Fsp3) is 0.833. The van der Waals surface area contributed by atoms with Gasteiger partial charge in [-0.1, -0.05) is 0 Å². The van der Waals surface area contributed by atoms with Crippen LogP contribution in [0.2, 0.25) is 0 Å². The molecule has 2 atom stereocenters.